The third-order valence-corrected chi connectivity index (χ3v) is 4.66. The minimum absolute atomic E-state index is 0.0335. The SMILES string of the molecule is Cc1c(NC(=O)[C@H](C)OC(=O)c2ccc(Br)o2)c(=O)n(-c2ccccc2)n1C. The maximum atomic E-state index is 12.8. The van der Waals surface area contributed by atoms with Crippen molar-refractivity contribution < 1.29 is 18.7 Å². The first kappa shape index (κ1) is 19.7. The summed E-state index contributed by atoms with van der Waals surface area (Å²) in [4.78, 5) is 37.3. The average Bonchev–Trinajstić information content (AvgIpc) is 3.20. The van der Waals surface area contributed by atoms with E-state index in [0.717, 1.165) is 0 Å². The lowest BCUT2D eigenvalue weighted by atomic mass is 10.3. The molecule has 0 radical (unpaired) electrons. The molecule has 1 atom stereocenters. The number of aromatic nitrogens is 2. The van der Waals surface area contributed by atoms with Gasteiger partial charge in [0, 0.05) is 7.05 Å². The Hall–Kier alpha value is -3.07. The molecule has 0 aliphatic heterocycles. The van der Waals surface area contributed by atoms with Crippen molar-refractivity contribution in [1.29, 1.82) is 0 Å². The number of anilines is 1. The number of halogens is 1. The Labute approximate surface area is 168 Å². The van der Waals surface area contributed by atoms with E-state index in [1.807, 2.05) is 18.2 Å². The number of nitrogens with zero attached hydrogens (tertiary/aromatic N) is 2. The first-order valence-corrected chi connectivity index (χ1v) is 9.20. The van der Waals surface area contributed by atoms with Gasteiger partial charge in [-0.1, -0.05) is 18.2 Å². The summed E-state index contributed by atoms with van der Waals surface area (Å²) in [5, 5.41) is 2.56. The number of hydrogen-bond donors (Lipinski definition) is 1. The van der Waals surface area contributed by atoms with E-state index in [4.69, 9.17) is 9.15 Å². The number of hydrogen-bond acceptors (Lipinski definition) is 5. The molecule has 0 fully saturated rings. The second-order valence-electron chi connectivity index (χ2n) is 6.08. The standard InChI is InChI=1S/C19H18BrN3O5/c1-11-16(18(25)23(22(11)3)13-7-5-4-6-8-13)21-17(24)12(2)27-19(26)14-9-10-15(20)28-14/h4-10,12H,1-3H3,(H,21,24)/t12-/m0/s1. The van der Waals surface area contributed by atoms with Crippen LogP contribution in [0.3, 0.4) is 0 Å². The van der Waals surface area contributed by atoms with E-state index >= 15 is 0 Å². The van der Waals surface area contributed by atoms with Crippen molar-refractivity contribution >= 4 is 33.5 Å². The van der Waals surface area contributed by atoms with Gasteiger partial charge >= 0.3 is 5.97 Å². The summed E-state index contributed by atoms with van der Waals surface area (Å²) in [6, 6.07) is 12.0. The van der Waals surface area contributed by atoms with Gasteiger partial charge in [0.25, 0.3) is 11.5 Å². The molecule has 0 spiro atoms. The molecule has 0 saturated carbocycles. The maximum Gasteiger partial charge on any atom is 0.375 e. The molecule has 9 heteroatoms. The molecular weight excluding hydrogens is 430 g/mol. The predicted octanol–water partition coefficient (Wildman–Crippen LogP) is 3.02. The number of carbonyl (C=O) groups excluding carboxylic acids is 2. The van der Waals surface area contributed by atoms with Crippen LogP contribution in [0.2, 0.25) is 0 Å². The summed E-state index contributed by atoms with van der Waals surface area (Å²) >= 11 is 3.09. The molecular formula is C19H18BrN3O5. The van der Waals surface area contributed by atoms with Gasteiger partial charge in [-0.05, 0) is 54.0 Å². The molecule has 8 nitrogen and oxygen atoms in total. The number of rotatable bonds is 5. The minimum atomic E-state index is -1.12. The zero-order valence-corrected chi connectivity index (χ0v) is 17.0. The fourth-order valence-corrected chi connectivity index (χ4v) is 2.94. The van der Waals surface area contributed by atoms with Crippen LogP contribution in [0.1, 0.15) is 23.2 Å². The summed E-state index contributed by atoms with van der Waals surface area (Å²) < 4.78 is 13.7. The fourth-order valence-electron chi connectivity index (χ4n) is 2.63. The van der Waals surface area contributed by atoms with Crippen molar-refractivity contribution in [2.75, 3.05) is 5.32 Å². The number of nitrogens with one attached hydrogen (secondary N) is 1. The monoisotopic (exact) mass is 447 g/mol. The lowest BCUT2D eigenvalue weighted by Gasteiger charge is -2.12. The van der Waals surface area contributed by atoms with Gasteiger partial charge in [0.05, 0.1) is 11.4 Å². The molecule has 0 unspecified atom stereocenters. The molecule has 1 aromatic carbocycles. The Morgan fingerprint density at radius 2 is 1.86 bits per heavy atom. The van der Waals surface area contributed by atoms with Crippen LogP contribution in [0.4, 0.5) is 5.69 Å². The minimum Gasteiger partial charge on any atom is -0.447 e. The van der Waals surface area contributed by atoms with Gasteiger partial charge in [-0.25, -0.2) is 9.48 Å². The van der Waals surface area contributed by atoms with Crippen LogP contribution < -0.4 is 10.9 Å². The van der Waals surface area contributed by atoms with Gasteiger partial charge < -0.3 is 14.5 Å². The molecule has 0 saturated heterocycles. The van der Waals surface area contributed by atoms with Crippen LogP contribution in [0.25, 0.3) is 5.69 Å². The molecule has 1 amide bonds. The Bertz CT molecular complexity index is 1080. The molecule has 28 heavy (non-hydrogen) atoms. The summed E-state index contributed by atoms with van der Waals surface area (Å²) in [7, 11) is 1.72. The zero-order valence-electron chi connectivity index (χ0n) is 15.4. The fraction of sp³-hybridized carbons (Fsp3) is 0.211. The molecule has 3 aromatic rings. The molecule has 0 bridgehead atoms. The normalized spacial score (nSPS) is 11.9. The average molecular weight is 448 g/mol. The van der Waals surface area contributed by atoms with Crippen molar-refractivity contribution in [1.82, 2.24) is 9.36 Å². The van der Waals surface area contributed by atoms with Crippen molar-refractivity contribution in [3.8, 4) is 5.69 Å². The molecule has 146 valence electrons. The van der Waals surface area contributed by atoms with Gasteiger partial charge in [-0.3, -0.25) is 14.3 Å². The molecule has 3 rings (SSSR count). The summed E-state index contributed by atoms with van der Waals surface area (Å²) in [6.07, 6.45) is -1.12. The first-order valence-electron chi connectivity index (χ1n) is 8.40. The van der Waals surface area contributed by atoms with Gasteiger partial charge in [0.2, 0.25) is 5.76 Å². The number of carbonyl (C=O) groups is 2. The Morgan fingerprint density at radius 1 is 1.18 bits per heavy atom. The molecule has 2 heterocycles. The summed E-state index contributed by atoms with van der Waals surface area (Å²) in [5.41, 5.74) is 0.977. The third kappa shape index (κ3) is 3.79. The summed E-state index contributed by atoms with van der Waals surface area (Å²) in [5.74, 6) is -1.43. The van der Waals surface area contributed by atoms with E-state index < -0.39 is 18.0 Å². The maximum absolute atomic E-state index is 12.8. The van der Waals surface area contributed by atoms with Crippen LogP contribution in [-0.2, 0) is 16.6 Å². The van der Waals surface area contributed by atoms with E-state index in [2.05, 4.69) is 21.2 Å². The van der Waals surface area contributed by atoms with Crippen LogP contribution in [0.15, 0.2) is 56.3 Å². The number of furan rings is 1. The Balaban J connectivity index is 1.79. The highest BCUT2D eigenvalue weighted by Crippen LogP contribution is 2.17. The Morgan fingerprint density at radius 3 is 2.46 bits per heavy atom. The van der Waals surface area contributed by atoms with Crippen molar-refractivity contribution in [3.05, 3.63) is 68.9 Å². The highest BCUT2D eigenvalue weighted by atomic mass is 79.9. The predicted molar refractivity (Wildman–Crippen MR) is 106 cm³/mol. The van der Waals surface area contributed by atoms with Gasteiger partial charge in [0.1, 0.15) is 5.69 Å². The second-order valence-corrected chi connectivity index (χ2v) is 6.86. The van der Waals surface area contributed by atoms with Crippen molar-refractivity contribution in [2.45, 2.75) is 20.0 Å². The van der Waals surface area contributed by atoms with Crippen LogP contribution in [0.5, 0.6) is 0 Å². The zero-order chi connectivity index (χ0) is 20.4. The van der Waals surface area contributed by atoms with Gasteiger partial charge in [0.15, 0.2) is 10.8 Å². The van der Waals surface area contributed by atoms with E-state index in [9.17, 15) is 14.4 Å². The lowest BCUT2D eigenvalue weighted by molar-refractivity contribution is -0.123. The van der Waals surface area contributed by atoms with Gasteiger partial charge in [-0.15, -0.1) is 0 Å². The van der Waals surface area contributed by atoms with Crippen LogP contribution in [-0.4, -0.2) is 27.3 Å². The summed E-state index contributed by atoms with van der Waals surface area (Å²) in [6.45, 7) is 3.13. The number of para-hydroxylation sites is 1. The number of amides is 1. The van der Waals surface area contributed by atoms with E-state index in [-0.39, 0.29) is 17.0 Å². The van der Waals surface area contributed by atoms with E-state index in [1.54, 1.807) is 36.9 Å². The molecule has 0 aliphatic carbocycles. The lowest BCUT2D eigenvalue weighted by Crippen LogP contribution is -2.32. The number of benzene rings is 1. The highest BCUT2D eigenvalue weighted by molar-refractivity contribution is 9.10. The van der Waals surface area contributed by atoms with Crippen LogP contribution >= 0.6 is 15.9 Å². The quantitative estimate of drug-likeness (QED) is 0.606. The van der Waals surface area contributed by atoms with Crippen molar-refractivity contribution in [3.63, 3.8) is 0 Å². The van der Waals surface area contributed by atoms with E-state index in [0.29, 0.717) is 16.1 Å². The number of esters is 1. The highest BCUT2D eigenvalue weighted by Gasteiger charge is 2.24. The van der Waals surface area contributed by atoms with Gasteiger partial charge in [-0.2, -0.15) is 0 Å². The first-order chi connectivity index (χ1) is 13.3. The second kappa shape index (κ2) is 7.89. The molecule has 2 aromatic heterocycles. The largest absolute Gasteiger partial charge is 0.447 e. The van der Waals surface area contributed by atoms with Crippen molar-refractivity contribution in [2.24, 2.45) is 7.05 Å². The topological polar surface area (TPSA) is 95.5 Å². The van der Waals surface area contributed by atoms with Crippen LogP contribution in [0, 0.1) is 6.92 Å². The molecule has 0 aliphatic rings. The smallest absolute Gasteiger partial charge is 0.375 e. The third-order valence-electron chi connectivity index (χ3n) is 4.23. The Kier molecular flexibility index (Phi) is 5.55. The molecule has 1 N–H and O–H groups in total. The number of ether oxygens (including phenoxy) is 1. The van der Waals surface area contributed by atoms with E-state index in [1.165, 1.54) is 17.7 Å².